The van der Waals surface area contributed by atoms with E-state index in [0.717, 1.165) is 12.8 Å². The first-order chi connectivity index (χ1) is 7.79. The van der Waals surface area contributed by atoms with E-state index in [2.05, 4.69) is 0 Å². The van der Waals surface area contributed by atoms with Crippen LogP contribution >= 0.6 is 0 Å². The van der Waals surface area contributed by atoms with E-state index in [-0.39, 0.29) is 18.2 Å². The molecule has 2 fully saturated rings. The number of ether oxygens (including phenoxy) is 1. The van der Waals surface area contributed by atoms with Crippen molar-refractivity contribution in [2.45, 2.75) is 57.7 Å². The Morgan fingerprint density at radius 1 is 1.29 bits per heavy atom. The number of hydrogen-bond donors (Lipinski definition) is 1. The summed E-state index contributed by atoms with van der Waals surface area (Å²) in [7, 11) is 0. The summed E-state index contributed by atoms with van der Waals surface area (Å²) >= 11 is 0. The minimum atomic E-state index is -0.800. The van der Waals surface area contributed by atoms with Gasteiger partial charge in [-0.2, -0.15) is 0 Å². The SMILES string of the molecule is CC(C)(C)OC(=O)N1[C@H]2CC[C@@H]1[C@H](C(=O)O)C2. The third-order valence-electron chi connectivity index (χ3n) is 3.46. The zero-order valence-corrected chi connectivity index (χ0v) is 10.5. The third kappa shape index (κ3) is 2.23. The molecule has 1 amide bonds. The highest BCUT2D eigenvalue weighted by Crippen LogP contribution is 2.42. The zero-order valence-electron chi connectivity index (χ0n) is 10.5. The number of rotatable bonds is 1. The Kier molecular flexibility index (Phi) is 2.79. The molecular formula is C12H19NO4. The predicted octanol–water partition coefficient (Wildman–Crippen LogP) is 1.86. The van der Waals surface area contributed by atoms with Crippen LogP contribution in [0.3, 0.4) is 0 Å². The number of aliphatic carboxylic acids is 1. The van der Waals surface area contributed by atoms with Crippen molar-refractivity contribution in [1.82, 2.24) is 4.90 Å². The lowest BCUT2D eigenvalue weighted by Crippen LogP contribution is -2.41. The van der Waals surface area contributed by atoms with Crippen molar-refractivity contribution in [1.29, 1.82) is 0 Å². The van der Waals surface area contributed by atoms with Gasteiger partial charge < -0.3 is 14.7 Å². The van der Waals surface area contributed by atoms with Crippen molar-refractivity contribution in [2.24, 2.45) is 5.92 Å². The molecule has 5 heteroatoms. The Hall–Kier alpha value is -1.26. The number of carbonyl (C=O) groups excluding carboxylic acids is 1. The molecule has 1 N–H and O–H groups in total. The van der Waals surface area contributed by atoms with Crippen molar-refractivity contribution in [3.05, 3.63) is 0 Å². The normalized spacial score (nSPS) is 31.7. The van der Waals surface area contributed by atoms with Crippen molar-refractivity contribution in [2.75, 3.05) is 0 Å². The van der Waals surface area contributed by atoms with Crippen LogP contribution in [-0.4, -0.2) is 39.8 Å². The number of nitrogens with zero attached hydrogens (tertiary/aromatic N) is 1. The van der Waals surface area contributed by atoms with Crippen LogP contribution in [0.5, 0.6) is 0 Å². The zero-order chi connectivity index (χ0) is 12.8. The molecule has 2 heterocycles. The molecule has 0 aromatic heterocycles. The number of carboxylic acid groups (broad SMARTS) is 1. The summed E-state index contributed by atoms with van der Waals surface area (Å²) in [5, 5.41) is 9.09. The number of hydrogen-bond acceptors (Lipinski definition) is 3. The summed E-state index contributed by atoms with van der Waals surface area (Å²) in [6, 6.07) is -0.122. The quantitative estimate of drug-likeness (QED) is 0.761. The van der Waals surface area contributed by atoms with Crippen molar-refractivity contribution in [3.63, 3.8) is 0 Å². The van der Waals surface area contributed by atoms with Crippen LogP contribution in [0.2, 0.25) is 0 Å². The maximum absolute atomic E-state index is 12.0. The average Bonchev–Trinajstić information content (AvgIpc) is 2.70. The van der Waals surface area contributed by atoms with Gasteiger partial charge in [-0.15, -0.1) is 0 Å². The third-order valence-corrected chi connectivity index (χ3v) is 3.46. The molecule has 2 aliphatic rings. The van der Waals surface area contributed by atoms with E-state index in [1.807, 2.05) is 20.8 Å². The fraction of sp³-hybridized carbons (Fsp3) is 0.833. The van der Waals surface area contributed by atoms with Gasteiger partial charge in [0, 0.05) is 12.1 Å². The molecule has 0 spiro atoms. The molecule has 2 aliphatic heterocycles. The molecule has 0 radical (unpaired) electrons. The maximum Gasteiger partial charge on any atom is 0.410 e. The van der Waals surface area contributed by atoms with E-state index in [1.54, 1.807) is 4.90 Å². The van der Waals surface area contributed by atoms with Gasteiger partial charge in [-0.1, -0.05) is 0 Å². The van der Waals surface area contributed by atoms with Gasteiger partial charge in [0.2, 0.25) is 0 Å². The molecule has 5 nitrogen and oxygen atoms in total. The molecule has 17 heavy (non-hydrogen) atoms. The number of fused-ring (bicyclic) bond motifs is 2. The summed E-state index contributed by atoms with van der Waals surface area (Å²) in [5.41, 5.74) is -0.530. The first-order valence-corrected chi connectivity index (χ1v) is 6.04. The smallest absolute Gasteiger partial charge is 0.410 e. The van der Waals surface area contributed by atoms with Gasteiger partial charge in [-0.05, 0) is 40.0 Å². The van der Waals surface area contributed by atoms with Crippen LogP contribution in [0, 0.1) is 5.92 Å². The Morgan fingerprint density at radius 3 is 2.41 bits per heavy atom. The second-order valence-corrected chi connectivity index (χ2v) is 5.87. The van der Waals surface area contributed by atoms with Crippen molar-refractivity contribution in [3.8, 4) is 0 Å². The minimum Gasteiger partial charge on any atom is -0.481 e. The predicted molar refractivity (Wildman–Crippen MR) is 60.6 cm³/mol. The van der Waals surface area contributed by atoms with Gasteiger partial charge in [-0.25, -0.2) is 4.79 Å². The topological polar surface area (TPSA) is 66.8 Å². The molecule has 96 valence electrons. The van der Waals surface area contributed by atoms with Crippen LogP contribution in [-0.2, 0) is 9.53 Å². The van der Waals surface area contributed by atoms with Crippen LogP contribution in [0.15, 0.2) is 0 Å². The van der Waals surface area contributed by atoms with Gasteiger partial charge >= 0.3 is 12.1 Å². The molecule has 0 saturated carbocycles. The maximum atomic E-state index is 12.0. The van der Waals surface area contributed by atoms with Gasteiger partial charge in [-0.3, -0.25) is 4.79 Å². The second kappa shape index (κ2) is 3.89. The lowest BCUT2D eigenvalue weighted by atomic mass is 9.89. The number of amides is 1. The Bertz CT molecular complexity index is 347. The van der Waals surface area contributed by atoms with Gasteiger partial charge in [0.05, 0.1) is 5.92 Å². The van der Waals surface area contributed by atoms with Crippen LogP contribution < -0.4 is 0 Å². The van der Waals surface area contributed by atoms with E-state index >= 15 is 0 Å². The minimum absolute atomic E-state index is 0.0518. The van der Waals surface area contributed by atoms with Crippen molar-refractivity contribution < 1.29 is 19.4 Å². The number of carbonyl (C=O) groups is 2. The van der Waals surface area contributed by atoms with E-state index < -0.39 is 17.5 Å². The molecule has 0 aliphatic carbocycles. The Balaban J connectivity index is 2.08. The fourth-order valence-corrected chi connectivity index (χ4v) is 2.85. The molecule has 2 rings (SSSR count). The van der Waals surface area contributed by atoms with Gasteiger partial charge in [0.15, 0.2) is 0 Å². The standard InChI is InChI=1S/C12H19NO4/c1-12(2,3)17-11(16)13-7-4-5-9(13)8(6-7)10(14)15/h7-9H,4-6H2,1-3H3,(H,14,15)/t7-,8+,9+/m0/s1. The first-order valence-electron chi connectivity index (χ1n) is 6.04. The summed E-state index contributed by atoms with van der Waals surface area (Å²) < 4.78 is 5.32. The van der Waals surface area contributed by atoms with Crippen molar-refractivity contribution >= 4 is 12.1 Å². The molecule has 0 aromatic rings. The second-order valence-electron chi connectivity index (χ2n) is 5.87. The lowest BCUT2D eigenvalue weighted by Gasteiger charge is -2.27. The summed E-state index contributed by atoms with van der Waals surface area (Å²) in [6.07, 6.45) is 1.88. The molecule has 2 saturated heterocycles. The van der Waals surface area contributed by atoms with Crippen LogP contribution in [0.25, 0.3) is 0 Å². The largest absolute Gasteiger partial charge is 0.481 e. The fourth-order valence-electron chi connectivity index (χ4n) is 2.85. The highest BCUT2D eigenvalue weighted by atomic mass is 16.6. The van der Waals surface area contributed by atoms with Gasteiger partial charge in [0.1, 0.15) is 5.60 Å². The van der Waals surface area contributed by atoms with Gasteiger partial charge in [0.25, 0.3) is 0 Å². The first kappa shape index (κ1) is 12.2. The van der Waals surface area contributed by atoms with E-state index in [9.17, 15) is 9.59 Å². The summed E-state index contributed by atoms with van der Waals surface area (Å²) in [5.74, 6) is -1.22. The number of carboxylic acids is 1. The summed E-state index contributed by atoms with van der Waals surface area (Å²) in [6.45, 7) is 5.45. The summed E-state index contributed by atoms with van der Waals surface area (Å²) in [4.78, 5) is 24.7. The molecule has 0 aromatic carbocycles. The van der Waals surface area contributed by atoms with Crippen LogP contribution in [0.1, 0.15) is 40.0 Å². The van der Waals surface area contributed by atoms with E-state index in [4.69, 9.17) is 9.84 Å². The Labute approximate surface area is 101 Å². The molecular weight excluding hydrogens is 222 g/mol. The molecule has 0 unspecified atom stereocenters. The molecule has 3 atom stereocenters. The van der Waals surface area contributed by atoms with E-state index in [1.165, 1.54) is 0 Å². The monoisotopic (exact) mass is 241 g/mol. The Morgan fingerprint density at radius 2 is 1.94 bits per heavy atom. The average molecular weight is 241 g/mol. The van der Waals surface area contributed by atoms with Crippen LogP contribution in [0.4, 0.5) is 4.79 Å². The van der Waals surface area contributed by atoms with E-state index in [0.29, 0.717) is 6.42 Å². The highest BCUT2D eigenvalue weighted by Gasteiger charge is 2.52. The molecule has 2 bridgehead atoms. The highest BCUT2D eigenvalue weighted by molar-refractivity contribution is 5.76. The lowest BCUT2D eigenvalue weighted by molar-refractivity contribution is -0.142.